The van der Waals surface area contributed by atoms with Crippen molar-refractivity contribution in [3.63, 3.8) is 0 Å². The van der Waals surface area contributed by atoms with Crippen molar-refractivity contribution in [2.45, 2.75) is 19.3 Å². The molecule has 17 heavy (non-hydrogen) atoms. The van der Waals surface area contributed by atoms with Crippen molar-refractivity contribution in [2.75, 3.05) is 27.3 Å². The van der Waals surface area contributed by atoms with Gasteiger partial charge in [-0.1, -0.05) is 0 Å². The molecule has 1 aliphatic rings. The Labute approximate surface area is 102 Å². The standard InChI is InChI=1S/C13H20N2O2/c1-16-12-9-15-13(17-2)8-11(12)7-10-3-5-14-6-4-10/h8-10,14H,3-7H2,1-2H3. The summed E-state index contributed by atoms with van der Waals surface area (Å²) in [5.41, 5.74) is 1.20. The molecule has 0 atom stereocenters. The van der Waals surface area contributed by atoms with Crippen molar-refractivity contribution in [1.82, 2.24) is 10.3 Å². The van der Waals surface area contributed by atoms with Gasteiger partial charge in [-0.25, -0.2) is 4.98 Å². The molecule has 0 saturated carbocycles. The predicted molar refractivity (Wildman–Crippen MR) is 66.6 cm³/mol. The van der Waals surface area contributed by atoms with Crippen LogP contribution in [0.2, 0.25) is 0 Å². The maximum atomic E-state index is 5.35. The summed E-state index contributed by atoms with van der Waals surface area (Å²) in [5.74, 6) is 2.26. The maximum Gasteiger partial charge on any atom is 0.213 e. The van der Waals surface area contributed by atoms with E-state index >= 15 is 0 Å². The minimum atomic E-state index is 0.662. The van der Waals surface area contributed by atoms with E-state index in [1.54, 1.807) is 20.4 Å². The Morgan fingerprint density at radius 1 is 1.29 bits per heavy atom. The molecule has 94 valence electrons. The lowest BCUT2D eigenvalue weighted by Crippen LogP contribution is -2.28. The lowest BCUT2D eigenvalue weighted by atomic mass is 9.91. The molecule has 0 aromatic carbocycles. The molecule has 1 fully saturated rings. The molecule has 1 N–H and O–H groups in total. The Balaban J connectivity index is 2.11. The zero-order valence-corrected chi connectivity index (χ0v) is 10.5. The monoisotopic (exact) mass is 236 g/mol. The Hall–Kier alpha value is -1.29. The normalized spacial score (nSPS) is 16.8. The minimum Gasteiger partial charge on any atom is -0.495 e. The number of nitrogens with one attached hydrogen (secondary N) is 1. The van der Waals surface area contributed by atoms with Crippen molar-refractivity contribution in [3.05, 3.63) is 17.8 Å². The van der Waals surface area contributed by atoms with Crippen molar-refractivity contribution >= 4 is 0 Å². The number of nitrogens with zero attached hydrogens (tertiary/aromatic N) is 1. The van der Waals surface area contributed by atoms with Crippen LogP contribution < -0.4 is 14.8 Å². The number of methoxy groups -OCH3 is 2. The minimum absolute atomic E-state index is 0.662. The number of pyridine rings is 1. The number of rotatable bonds is 4. The first kappa shape index (κ1) is 12.2. The second-order valence-electron chi connectivity index (χ2n) is 4.44. The van der Waals surface area contributed by atoms with E-state index in [0.717, 1.165) is 31.2 Å². The van der Waals surface area contributed by atoms with Crippen molar-refractivity contribution < 1.29 is 9.47 Å². The summed E-state index contributed by atoms with van der Waals surface area (Å²) in [7, 11) is 3.33. The molecule has 0 radical (unpaired) electrons. The highest BCUT2D eigenvalue weighted by atomic mass is 16.5. The van der Waals surface area contributed by atoms with Gasteiger partial charge >= 0.3 is 0 Å². The highest BCUT2D eigenvalue weighted by Crippen LogP contribution is 2.26. The summed E-state index contributed by atoms with van der Waals surface area (Å²) in [6.07, 6.45) is 5.25. The molecule has 0 spiro atoms. The predicted octanol–water partition coefficient (Wildman–Crippen LogP) is 1.64. The van der Waals surface area contributed by atoms with E-state index in [9.17, 15) is 0 Å². The van der Waals surface area contributed by atoms with Crippen LogP contribution in [-0.2, 0) is 6.42 Å². The van der Waals surface area contributed by atoms with Gasteiger partial charge in [-0.05, 0) is 38.3 Å². The fraction of sp³-hybridized carbons (Fsp3) is 0.615. The van der Waals surface area contributed by atoms with Gasteiger partial charge in [0.1, 0.15) is 5.75 Å². The first-order chi connectivity index (χ1) is 8.33. The van der Waals surface area contributed by atoms with Crippen molar-refractivity contribution in [1.29, 1.82) is 0 Å². The van der Waals surface area contributed by atoms with E-state index in [0.29, 0.717) is 5.88 Å². The smallest absolute Gasteiger partial charge is 0.213 e. The van der Waals surface area contributed by atoms with Crippen LogP contribution in [0.1, 0.15) is 18.4 Å². The largest absolute Gasteiger partial charge is 0.495 e. The van der Waals surface area contributed by atoms with Gasteiger partial charge in [0.15, 0.2) is 0 Å². The van der Waals surface area contributed by atoms with Crippen LogP contribution in [0.3, 0.4) is 0 Å². The second-order valence-corrected chi connectivity index (χ2v) is 4.44. The van der Waals surface area contributed by atoms with Crippen LogP contribution >= 0.6 is 0 Å². The Kier molecular flexibility index (Phi) is 4.20. The molecule has 1 saturated heterocycles. The molecule has 0 amide bonds. The molecular formula is C13H20N2O2. The zero-order valence-electron chi connectivity index (χ0n) is 10.5. The molecule has 4 heteroatoms. The van der Waals surface area contributed by atoms with Crippen LogP contribution in [0.4, 0.5) is 0 Å². The van der Waals surface area contributed by atoms with E-state index in [2.05, 4.69) is 10.3 Å². The summed E-state index contributed by atoms with van der Waals surface area (Å²) in [5, 5.41) is 3.38. The van der Waals surface area contributed by atoms with Crippen LogP contribution in [0, 0.1) is 5.92 Å². The number of hydrogen-bond acceptors (Lipinski definition) is 4. The van der Waals surface area contributed by atoms with Gasteiger partial charge in [-0.2, -0.15) is 0 Å². The van der Waals surface area contributed by atoms with E-state index in [1.807, 2.05) is 6.07 Å². The van der Waals surface area contributed by atoms with Gasteiger partial charge in [0.25, 0.3) is 0 Å². The van der Waals surface area contributed by atoms with Gasteiger partial charge < -0.3 is 14.8 Å². The fourth-order valence-electron chi connectivity index (χ4n) is 2.31. The number of aromatic nitrogens is 1. The zero-order chi connectivity index (χ0) is 12.1. The Bertz CT molecular complexity index is 362. The highest BCUT2D eigenvalue weighted by molar-refractivity contribution is 5.35. The Morgan fingerprint density at radius 3 is 2.71 bits per heavy atom. The molecule has 2 heterocycles. The molecule has 1 aromatic rings. The highest BCUT2D eigenvalue weighted by Gasteiger charge is 2.16. The first-order valence-corrected chi connectivity index (χ1v) is 6.11. The van der Waals surface area contributed by atoms with Crippen LogP contribution in [0.25, 0.3) is 0 Å². The number of ether oxygens (including phenoxy) is 2. The van der Waals surface area contributed by atoms with E-state index in [1.165, 1.54) is 18.4 Å². The molecule has 0 bridgehead atoms. The molecule has 1 aliphatic heterocycles. The van der Waals surface area contributed by atoms with E-state index in [-0.39, 0.29) is 0 Å². The Morgan fingerprint density at radius 2 is 2.06 bits per heavy atom. The summed E-state index contributed by atoms with van der Waals surface area (Å²) in [6, 6.07) is 1.99. The summed E-state index contributed by atoms with van der Waals surface area (Å²) in [4.78, 5) is 4.16. The third kappa shape index (κ3) is 3.09. The summed E-state index contributed by atoms with van der Waals surface area (Å²) < 4.78 is 10.5. The quantitative estimate of drug-likeness (QED) is 0.863. The van der Waals surface area contributed by atoms with Crippen LogP contribution in [-0.4, -0.2) is 32.3 Å². The SMILES string of the molecule is COc1cc(CC2CCNCC2)c(OC)cn1. The first-order valence-electron chi connectivity index (χ1n) is 6.11. The summed E-state index contributed by atoms with van der Waals surface area (Å²) >= 11 is 0. The van der Waals surface area contributed by atoms with Gasteiger partial charge in [0.2, 0.25) is 5.88 Å². The van der Waals surface area contributed by atoms with Gasteiger partial charge in [0.05, 0.1) is 20.4 Å². The average molecular weight is 236 g/mol. The number of piperidine rings is 1. The van der Waals surface area contributed by atoms with Crippen LogP contribution in [0.5, 0.6) is 11.6 Å². The molecule has 0 unspecified atom stereocenters. The molecule has 0 aliphatic carbocycles. The van der Waals surface area contributed by atoms with Crippen molar-refractivity contribution in [2.24, 2.45) is 5.92 Å². The summed E-state index contributed by atoms with van der Waals surface area (Å²) in [6.45, 7) is 2.24. The lowest BCUT2D eigenvalue weighted by molar-refractivity contribution is 0.355. The van der Waals surface area contributed by atoms with Crippen molar-refractivity contribution in [3.8, 4) is 11.6 Å². The van der Waals surface area contributed by atoms with Crippen LogP contribution in [0.15, 0.2) is 12.3 Å². The second kappa shape index (κ2) is 5.87. The van der Waals surface area contributed by atoms with E-state index < -0.39 is 0 Å². The molecule has 1 aromatic heterocycles. The van der Waals surface area contributed by atoms with Gasteiger partial charge in [-0.3, -0.25) is 0 Å². The third-order valence-electron chi connectivity index (χ3n) is 3.32. The average Bonchev–Trinajstić information content (AvgIpc) is 2.40. The maximum absolute atomic E-state index is 5.35. The number of hydrogen-bond donors (Lipinski definition) is 1. The lowest BCUT2D eigenvalue weighted by Gasteiger charge is -2.23. The fourth-order valence-corrected chi connectivity index (χ4v) is 2.31. The molecule has 4 nitrogen and oxygen atoms in total. The van der Waals surface area contributed by atoms with Gasteiger partial charge in [-0.15, -0.1) is 0 Å². The third-order valence-corrected chi connectivity index (χ3v) is 3.32. The van der Waals surface area contributed by atoms with Gasteiger partial charge in [0, 0.05) is 11.6 Å². The molecular weight excluding hydrogens is 216 g/mol. The van der Waals surface area contributed by atoms with E-state index in [4.69, 9.17) is 9.47 Å². The molecule has 2 rings (SSSR count). The topological polar surface area (TPSA) is 43.4 Å².